The number of hydrogen-bond acceptors (Lipinski definition) is 3. The molecular formula is C19H16ClFN2O2. The van der Waals surface area contributed by atoms with Crippen molar-refractivity contribution in [1.82, 2.24) is 4.98 Å². The zero-order chi connectivity index (χ0) is 17.8. The van der Waals surface area contributed by atoms with Crippen LogP contribution in [0, 0.1) is 12.7 Å². The lowest BCUT2D eigenvalue weighted by atomic mass is 10.2. The van der Waals surface area contributed by atoms with Crippen LogP contribution < -0.4 is 5.32 Å². The van der Waals surface area contributed by atoms with Crippen molar-refractivity contribution < 1.29 is 13.6 Å². The molecule has 1 aromatic heterocycles. The summed E-state index contributed by atoms with van der Waals surface area (Å²) in [5.74, 6) is 0.600. The number of nitrogens with zero attached hydrogens (tertiary/aromatic N) is 1. The van der Waals surface area contributed by atoms with Crippen molar-refractivity contribution in [1.29, 1.82) is 0 Å². The quantitative estimate of drug-likeness (QED) is 0.697. The van der Waals surface area contributed by atoms with Crippen LogP contribution in [0.4, 0.5) is 10.1 Å². The standard InChI is InChI=1S/C19H16ClFN2O2/c1-12-10-15(21)6-7-16(12)23-18(24)8-9-19-22-11-17(25-19)13-2-4-14(20)5-3-13/h2-7,10-11H,8-9H2,1H3,(H,23,24). The van der Waals surface area contributed by atoms with E-state index in [2.05, 4.69) is 10.3 Å². The van der Waals surface area contributed by atoms with Crippen LogP contribution in [-0.2, 0) is 11.2 Å². The van der Waals surface area contributed by atoms with Crippen molar-refractivity contribution in [3.63, 3.8) is 0 Å². The fourth-order valence-electron chi connectivity index (χ4n) is 2.37. The second-order valence-corrected chi connectivity index (χ2v) is 6.07. The van der Waals surface area contributed by atoms with Crippen LogP contribution in [0.25, 0.3) is 11.3 Å². The Labute approximate surface area is 149 Å². The molecular weight excluding hydrogens is 343 g/mol. The molecule has 25 heavy (non-hydrogen) atoms. The SMILES string of the molecule is Cc1cc(F)ccc1NC(=O)CCc1ncc(-c2ccc(Cl)cc2)o1. The smallest absolute Gasteiger partial charge is 0.224 e. The number of carbonyl (C=O) groups excluding carboxylic acids is 1. The summed E-state index contributed by atoms with van der Waals surface area (Å²) in [5.41, 5.74) is 2.14. The molecule has 4 nitrogen and oxygen atoms in total. The molecule has 0 radical (unpaired) electrons. The molecule has 0 atom stereocenters. The number of aromatic nitrogens is 1. The van der Waals surface area contributed by atoms with Gasteiger partial charge in [0.05, 0.1) is 6.20 Å². The van der Waals surface area contributed by atoms with Gasteiger partial charge < -0.3 is 9.73 Å². The van der Waals surface area contributed by atoms with Gasteiger partial charge in [0.2, 0.25) is 5.91 Å². The molecule has 0 unspecified atom stereocenters. The summed E-state index contributed by atoms with van der Waals surface area (Å²) >= 11 is 5.86. The molecule has 0 saturated heterocycles. The second-order valence-electron chi connectivity index (χ2n) is 5.63. The number of amides is 1. The van der Waals surface area contributed by atoms with Gasteiger partial charge in [-0.15, -0.1) is 0 Å². The van der Waals surface area contributed by atoms with Gasteiger partial charge in [0, 0.05) is 29.1 Å². The fourth-order valence-corrected chi connectivity index (χ4v) is 2.50. The summed E-state index contributed by atoms with van der Waals surface area (Å²) in [6.07, 6.45) is 2.22. The Morgan fingerprint density at radius 3 is 2.72 bits per heavy atom. The van der Waals surface area contributed by atoms with Crippen molar-refractivity contribution in [2.45, 2.75) is 19.8 Å². The molecule has 6 heteroatoms. The second kappa shape index (κ2) is 7.49. The van der Waals surface area contributed by atoms with Gasteiger partial charge in [-0.05, 0) is 55.0 Å². The summed E-state index contributed by atoms with van der Waals surface area (Å²) < 4.78 is 18.7. The Morgan fingerprint density at radius 1 is 1.24 bits per heavy atom. The first-order valence-electron chi connectivity index (χ1n) is 7.78. The van der Waals surface area contributed by atoms with Crippen molar-refractivity contribution in [2.24, 2.45) is 0 Å². The molecule has 128 valence electrons. The molecule has 0 saturated carbocycles. The number of oxazole rings is 1. The predicted octanol–water partition coefficient (Wildman–Crippen LogP) is 5.01. The monoisotopic (exact) mass is 358 g/mol. The number of rotatable bonds is 5. The summed E-state index contributed by atoms with van der Waals surface area (Å²) in [6.45, 7) is 1.74. The number of halogens is 2. The molecule has 3 rings (SSSR count). The number of anilines is 1. The fraction of sp³-hybridized carbons (Fsp3) is 0.158. The van der Waals surface area contributed by atoms with Crippen LogP contribution in [0.15, 0.2) is 53.1 Å². The predicted molar refractivity (Wildman–Crippen MR) is 95.0 cm³/mol. The van der Waals surface area contributed by atoms with Gasteiger partial charge in [0.15, 0.2) is 11.7 Å². The first kappa shape index (κ1) is 17.2. The van der Waals surface area contributed by atoms with E-state index in [1.807, 2.05) is 12.1 Å². The van der Waals surface area contributed by atoms with E-state index in [9.17, 15) is 9.18 Å². The van der Waals surface area contributed by atoms with Crippen LogP contribution in [0.2, 0.25) is 5.02 Å². The topological polar surface area (TPSA) is 55.1 Å². The summed E-state index contributed by atoms with van der Waals surface area (Å²) in [5, 5.41) is 3.41. The van der Waals surface area contributed by atoms with E-state index in [-0.39, 0.29) is 18.1 Å². The maximum absolute atomic E-state index is 13.1. The van der Waals surface area contributed by atoms with Gasteiger partial charge in [-0.2, -0.15) is 0 Å². The Bertz CT molecular complexity index is 891. The highest BCUT2D eigenvalue weighted by Crippen LogP contribution is 2.23. The number of hydrogen-bond donors (Lipinski definition) is 1. The van der Waals surface area contributed by atoms with Gasteiger partial charge in [0.25, 0.3) is 0 Å². The minimum absolute atomic E-state index is 0.180. The summed E-state index contributed by atoms with van der Waals surface area (Å²) in [7, 11) is 0. The highest BCUT2D eigenvalue weighted by molar-refractivity contribution is 6.30. The van der Waals surface area contributed by atoms with Gasteiger partial charge in [-0.1, -0.05) is 11.6 Å². The van der Waals surface area contributed by atoms with E-state index in [0.29, 0.717) is 34.3 Å². The first-order valence-corrected chi connectivity index (χ1v) is 8.16. The van der Waals surface area contributed by atoms with E-state index in [1.165, 1.54) is 12.1 Å². The molecule has 0 aliphatic heterocycles. The lowest BCUT2D eigenvalue weighted by Gasteiger charge is -2.07. The van der Waals surface area contributed by atoms with E-state index in [0.717, 1.165) is 5.56 Å². The van der Waals surface area contributed by atoms with Crippen molar-refractivity contribution >= 4 is 23.2 Å². The Balaban J connectivity index is 1.58. The summed E-state index contributed by atoms with van der Waals surface area (Å²) in [4.78, 5) is 16.2. The molecule has 0 fully saturated rings. The lowest BCUT2D eigenvalue weighted by molar-refractivity contribution is -0.116. The molecule has 3 aromatic rings. The Kier molecular flexibility index (Phi) is 5.14. The van der Waals surface area contributed by atoms with Gasteiger partial charge in [-0.3, -0.25) is 4.79 Å². The van der Waals surface area contributed by atoms with Gasteiger partial charge in [0.1, 0.15) is 5.82 Å². The third-order valence-electron chi connectivity index (χ3n) is 3.71. The van der Waals surface area contributed by atoms with Gasteiger partial charge >= 0.3 is 0 Å². The van der Waals surface area contributed by atoms with E-state index in [1.54, 1.807) is 31.3 Å². The molecule has 1 N–H and O–H groups in total. The molecule has 1 heterocycles. The third kappa shape index (κ3) is 4.45. The highest BCUT2D eigenvalue weighted by atomic mass is 35.5. The minimum atomic E-state index is -0.329. The average Bonchev–Trinajstić information content (AvgIpc) is 3.05. The van der Waals surface area contributed by atoms with Gasteiger partial charge in [-0.25, -0.2) is 9.37 Å². The van der Waals surface area contributed by atoms with Crippen LogP contribution in [0.5, 0.6) is 0 Å². The van der Waals surface area contributed by atoms with Crippen LogP contribution in [-0.4, -0.2) is 10.9 Å². The van der Waals surface area contributed by atoms with Crippen LogP contribution in [0.1, 0.15) is 17.9 Å². The summed E-state index contributed by atoms with van der Waals surface area (Å²) in [6, 6.07) is 11.5. The van der Waals surface area contributed by atoms with Crippen molar-refractivity contribution in [3.8, 4) is 11.3 Å². The zero-order valence-electron chi connectivity index (χ0n) is 13.6. The zero-order valence-corrected chi connectivity index (χ0v) is 14.3. The number of benzene rings is 2. The molecule has 0 aliphatic carbocycles. The Morgan fingerprint density at radius 2 is 2.00 bits per heavy atom. The van der Waals surface area contributed by atoms with E-state index in [4.69, 9.17) is 16.0 Å². The number of nitrogens with one attached hydrogen (secondary N) is 1. The maximum atomic E-state index is 13.1. The lowest BCUT2D eigenvalue weighted by Crippen LogP contribution is -2.13. The van der Waals surface area contributed by atoms with E-state index >= 15 is 0 Å². The normalized spacial score (nSPS) is 10.7. The van der Waals surface area contributed by atoms with E-state index < -0.39 is 0 Å². The van der Waals surface area contributed by atoms with Crippen molar-refractivity contribution in [3.05, 3.63) is 71.0 Å². The van der Waals surface area contributed by atoms with Crippen LogP contribution in [0.3, 0.4) is 0 Å². The molecule has 0 aliphatic rings. The Hall–Kier alpha value is -2.66. The molecule has 0 spiro atoms. The molecule has 0 bridgehead atoms. The largest absolute Gasteiger partial charge is 0.441 e. The highest BCUT2D eigenvalue weighted by Gasteiger charge is 2.10. The minimum Gasteiger partial charge on any atom is -0.441 e. The molecule has 2 aromatic carbocycles. The average molecular weight is 359 g/mol. The maximum Gasteiger partial charge on any atom is 0.224 e. The number of carbonyl (C=O) groups is 1. The molecule has 1 amide bonds. The van der Waals surface area contributed by atoms with Crippen molar-refractivity contribution in [2.75, 3.05) is 5.32 Å². The number of aryl methyl sites for hydroxylation is 2. The third-order valence-corrected chi connectivity index (χ3v) is 3.96. The first-order chi connectivity index (χ1) is 12.0. The van der Waals surface area contributed by atoms with Crippen LogP contribution >= 0.6 is 11.6 Å².